The fourth-order valence-corrected chi connectivity index (χ4v) is 3.54. The lowest BCUT2D eigenvalue weighted by atomic mass is 10.1. The van der Waals surface area contributed by atoms with Crippen LogP contribution in [0.4, 0.5) is 0 Å². The van der Waals surface area contributed by atoms with Crippen LogP contribution in [0.5, 0.6) is 0 Å². The second kappa shape index (κ2) is 4.81. The molecule has 0 amide bonds. The summed E-state index contributed by atoms with van der Waals surface area (Å²) < 4.78 is 0.864. The number of hydrogen-bond donors (Lipinski definition) is 1. The summed E-state index contributed by atoms with van der Waals surface area (Å²) in [6.45, 7) is 0. The van der Waals surface area contributed by atoms with Gasteiger partial charge in [-0.05, 0) is 52.0 Å². The van der Waals surface area contributed by atoms with Crippen molar-refractivity contribution in [2.75, 3.05) is 0 Å². The minimum absolute atomic E-state index is 0.0627. The minimum Gasteiger partial charge on any atom is -0.310 e. The number of hydrogen-bond acceptors (Lipinski definition) is 2. The second-order valence-corrected chi connectivity index (χ2v) is 6.32. The average molecular weight is 341 g/mol. The number of benzene rings is 2. The van der Waals surface area contributed by atoms with Crippen LogP contribution in [0.2, 0.25) is 0 Å². The molecule has 4 heteroatoms. The van der Waals surface area contributed by atoms with E-state index in [0.29, 0.717) is 5.39 Å². The Kier molecular flexibility index (Phi) is 2.93. The third-order valence-corrected chi connectivity index (χ3v) is 4.78. The van der Waals surface area contributed by atoms with Crippen molar-refractivity contribution in [2.45, 2.75) is 18.8 Å². The first-order chi connectivity index (χ1) is 10.2. The van der Waals surface area contributed by atoms with E-state index in [1.54, 1.807) is 6.07 Å². The lowest BCUT2D eigenvalue weighted by Crippen LogP contribution is -2.15. The molecular weight excluding hydrogens is 328 g/mol. The van der Waals surface area contributed by atoms with Gasteiger partial charge in [0.05, 0.1) is 10.9 Å². The van der Waals surface area contributed by atoms with Crippen LogP contribution in [0.15, 0.2) is 51.7 Å². The maximum absolute atomic E-state index is 12.3. The van der Waals surface area contributed by atoms with E-state index in [1.807, 2.05) is 12.1 Å². The zero-order chi connectivity index (χ0) is 14.4. The van der Waals surface area contributed by atoms with Crippen LogP contribution in [-0.2, 0) is 12.8 Å². The Balaban J connectivity index is 1.83. The highest BCUT2D eigenvalue weighted by molar-refractivity contribution is 9.10. The van der Waals surface area contributed by atoms with Crippen LogP contribution in [-0.4, -0.2) is 9.97 Å². The largest absolute Gasteiger partial charge is 0.310 e. The predicted octanol–water partition coefficient (Wildman–Crippen LogP) is 3.57. The maximum Gasteiger partial charge on any atom is 0.258 e. The molecule has 1 aliphatic rings. The molecule has 0 bridgehead atoms. The first kappa shape index (κ1) is 12.8. The molecule has 4 rings (SSSR count). The molecule has 104 valence electrons. The molecular formula is C17H13BrN2O. The number of nitrogens with zero attached hydrogens (tertiary/aromatic N) is 1. The molecule has 0 atom stereocenters. The zero-order valence-electron chi connectivity index (χ0n) is 11.3. The Labute approximate surface area is 130 Å². The molecule has 1 aliphatic carbocycles. The monoisotopic (exact) mass is 340 g/mol. The van der Waals surface area contributed by atoms with Gasteiger partial charge in [-0.15, -0.1) is 0 Å². The average Bonchev–Trinajstić information content (AvgIpc) is 2.92. The number of rotatable bonds is 1. The summed E-state index contributed by atoms with van der Waals surface area (Å²) >= 11 is 3.49. The maximum atomic E-state index is 12.3. The summed E-state index contributed by atoms with van der Waals surface area (Å²) in [6, 6.07) is 14.0. The summed E-state index contributed by atoms with van der Waals surface area (Å²) in [6.07, 6.45) is 1.88. The van der Waals surface area contributed by atoms with Gasteiger partial charge >= 0.3 is 0 Å². The van der Waals surface area contributed by atoms with E-state index in [9.17, 15) is 4.79 Å². The molecule has 1 aromatic heterocycles. The van der Waals surface area contributed by atoms with Crippen molar-refractivity contribution in [3.63, 3.8) is 0 Å². The fourth-order valence-electron chi connectivity index (χ4n) is 3.09. The van der Waals surface area contributed by atoms with Gasteiger partial charge < -0.3 is 4.98 Å². The standard InChI is InChI=1S/C17H13BrN2O/c18-14-7-3-6-13-15(14)19-16(20-17(13)21)12-8-10-4-1-2-5-11(10)9-12/h1-7,12H,8-9H2,(H,19,20,21). The van der Waals surface area contributed by atoms with Crippen LogP contribution >= 0.6 is 15.9 Å². The molecule has 1 N–H and O–H groups in total. The molecule has 3 nitrogen and oxygen atoms in total. The molecule has 0 unspecified atom stereocenters. The molecule has 0 spiro atoms. The predicted molar refractivity (Wildman–Crippen MR) is 86.7 cm³/mol. The van der Waals surface area contributed by atoms with Gasteiger partial charge in [-0.3, -0.25) is 4.79 Å². The van der Waals surface area contributed by atoms with E-state index in [-0.39, 0.29) is 11.5 Å². The number of para-hydroxylation sites is 1. The summed E-state index contributed by atoms with van der Waals surface area (Å²) in [5, 5.41) is 0.628. The van der Waals surface area contributed by atoms with Gasteiger partial charge in [0.1, 0.15) is 5.82 Å². The molecule has 0 saturated heterocycles. The molecule has 0 aliphatic heterocycles. The van der Waals surface area contributed by atoms with Crippen LogP contribution in [0.3, 0.4) is 0 Å². The summed E-state index contributed by atoms with van der Waals surface area (Å²) in [4.78, 5) is 19.9. The van der Waals surface area contributed by atoms with E-state index < -0.39 is 0 Å². The van der Waals surface area contributed by atoms with E-state index in [2.05, 4.69) is 45.2 Å². The molecule has 0 saturated carbocycles. The minimum atomic E-state index is -0.0627. The van der Waals surface area contributed by atoms with E-state index in [0.717, 1.165) is 28.7 Å². The Morgan fingerprint density at radius 3 is 2.48 bits per heavy atom. The summed E-state index contributed by atoms with van der Waals surface area (Å²) in [5.74, 6) is 1.04. The summed E-state index contributed by atoms with van der Waals surface area (Å²) in [7, 11) is 0. The van der Waals surface area contributed by atoms with E-state index >= 15 is 0 Å². The third-order valence-electron chi connectivity index (χ3n) is 4.14. The number of halogens is 1. The highest BCUT2D eigenvalue weighted by Gasteiger charge is 2.25. The number of fused-ring (bicyclic) bond motifs is 2. The third kappa shape index (κ3) is 2.10. The Morgan fingerprint density at radius 2 is 1.76 bits per heavy atom. The molecule has 2 aromatic carbocycles. The Hall–Kier alpha value is -1.94. The van der Waals surface area contributed by atoms with Gasteiger partial charge in [0, 0.05) is 10.4 Å². The van der Waals surface area contributed by atoms with Crippen molar-refractivity contribution in [3.05, 3.63) is 74.2 Å². The molecule has 1 heterocycles. The van der Waals surface area contributed by atoms with Crippen LogP contribution in [0.1, 0.15) is 22.9 Å². The SMILES string of the molecule is O=c1[nH]c(C2Cc3ccccc3C2)nc2c(Br)cccc12. The van der Waals surface area contributed by atoms with Crippen molar-refractivity contribution >= 4 is 26.8 Å². The van der Waals surface area contributed by atoms with Gasteiger partial charge in [-0.1, -0.05) is 30.3 Å². The number of aromatic amines is 1. The number of nitrogens with one attached hydrogen (secondary N) is 1. The topological polar surface area (TPSA) is 45.8 Å². The fraction of sp³-hybridized carbons (Fsp3) is 0.176. The van der Waals surface area contributed by atoms with Crippen molar-refractivity contribution in [1.82, 2.24) is 9.97 Å². The Bertz CT molecular complexity index is 876. The van der Waals surface area contributed by atoms with Crippen LogP contribution in [0, 0.1) is 0 Å². The second-order valence-electron chi connectivity index (χ2n) is 5.46. The van der Waals surface area contributed by atoms with Crippen molar-refractivity contribution in [2.24, 2.45) is 0 Å². The quantitative estimate of drug-likeness (QED) is 0.736. The number of H-pyrrole nitrogens is 1. The normalized spacial score (nSPS) is 14.5. The van der Waals surface area contributed by atoms with E-state index in [4.69, 9.17) is 4.98 Å². The van der Waals surface area contributed by atoms with Crippen LogP contribution in [0.25, 0.3) is 10.9 Å². The zero-order valence-corrected chi connectivity index (χ0v) is 12.9. The van der Waals surface area contributed by atoms with Gasteiger partial charge in [0.25, 0.3) is 5.56 Å². The van der Waals surface area contributed by atoms with Crippen molar-refractivity contribution in [1.29, 1.82) is 0 Å². The first-order valence-electron chi connectivity index (χ1n) is 6.97. The van der Waals surface area contributed by atoms with Crippen molar-refractivity contribution < 1.29 is 0 Å². The Morgan fingerprint density at radius 1 is 1.05 bits per heavy atom. The highest BCUT2D eigenvalue weighted by Crippen LogP contribution is 2.32. The lowest BCUT2D eigenvalue weighted by Gasteiger charge is -2.09. The van der Waals surface area contributed by atoms with Crippen LogP contribution < -0.4 is 5.56 Å². The first-order valence-corrected chi connectivity index (χ1v) is 7.77. The van der Waals surface area contributed by atoms with E-state index in [1.165, 1.54) is 11.1 Å². The van der Waals surface area contributed by atoms with Crippen molar-refractivity contribution in [3.8, 4) is 0 Å². The van der Waals surface area contributed by atoms with Gasteiger partial charge in [0.15, 0.2) is 0 Å². The highest BCUT2D eigenvalue weighted by atomic mass is 79.9. The smallest absolute Gasteiger partial charge is 0.258 e. The molecule has 0 radical (unpaired) electrons. The molecule has 0 fully saturated rings. The molecule has 21 heavy (non-hydrogen) atoms. The lowest BCUT2D eigenvalue weighted by molar-refractivity contribution is 0.683. The van der Waals surface area contributed by atoms with Gasteiger partial charge in [-0.2, -0.15) is 0 Å². The van der Waals surface area contributed by atoms with Gasteiger partial charge in [-0.25, -0.2) is 4.98 Å². The van der Waals surface area contributed by atoms with Gasteiger partial charge in [0.2, 0.25) is 0 Å². The molecule has 3 aromatic rings. The summed E-state index contributed by atoms with van der Waals surface area (Å²) in [5.41, 5.74) is 3.40. The number of aromatic nitrogens is 2.